The third kappa shape index (κ3) is 2.74. The van der Waals surface area contributed by atoms with Crippen LogP contribution in [0.2, 0.25) is 0 Å². The van der Waals surface area contributed by atoms with Crippen LogP contribution in [0.4, 0.5) is 22.7 Å². The third-order valence-electron chi connectivity index (χ3n) is 2.87. The maximum Gasteiger partial charge on any atom is 0.0618 e. The van der Waals surface area contributed by atoms with Gasteiger partial charge >= 0.3 is 0 Å². The van der Waals surface area contributed by atoms with Crippen molar-refractivity contribution < 1.29 is 0 Å². The number of nitrogen functional groups attached to an aromatic ring is 1. The molecule has 3 N–H and O–H groups in total. The van der Waals surface area contributed by atoms with E-state index in [-0.39, 0.29) is 0 Å². The van der Waals surface area contributed by atoms with Gasteiger partial charge in [0.15, 0.2) is 0 Å². The number of benzene rings is 2. The lowest BCUT2D eigenvalue weighted by Gasteiger charge is -2.14. The Labute approximate surface area is 108 Å². The molecule has 0 amide bonds. The summed E-state index contributed by atoms with van der Waals surface area (Å²) < 4.78 is 0. The van der Waals surface area contributed by atoms with Crippen molar-refractivity contribution in [1.29, 1.82) is 0 Å². The average Bonchev–Trinajstić information content (AvgIpc) is 2.33. The lowest BCUT2D eigenvalue weighted by Crippen LogP contribution is -2.08. The van der Waals surface area contributed by atoms with E-state index in [1.807, 2.05) is 39.2 Å². The van der Waals surface area contributed by atoms with Crippen molar-refractivity contribution in [3.63, 3.8) is 0 Å². The molecule has 0 aromatic heterocycles. The Morgan fingerprint density at radius 1 is 1.00 bits per heavy atom. The van der Waals surface area contributed by atoms with Gasteiger partial charge in [-0.25, -0.2) is 0 Å². The topological polar surface area (TPSA) is 41.3 Å². The predicted molar refractivity (Wildman–Crippen MR) is 79.6 cm³/mol. The van der Waals surface area contributed by atoms with Crippen LogP contribution in [-0.2, 0) is 0 Å². The fourth-order valence-electron chi connectivity index (χ4n) is 1.79. The number of hydrogen-bond donors (Lipinski definition) is 2. The number of anilines is 4. The number of nitrogens with one attached hydrogen (secondary N) is 1. The molecule has 0 saturated heterocycles. The van der Waals surface area contributed by atoms with Crippen molar-refractivity contribution in [3.8, 4) is 0 Å². The Morgan fingerprint density at radius 3 is 2.22 bits per heavy atom. The molecule has 0 aliphatic heterocycles. The lowest BCUT2D eigenvalue weighted by molar-refractivity contribution is 1.13. The molecule has 2 rings (SSSR count). The number of rotatable bonds is 3. The van der Waals surface area contributed by atoms with Gasteiger partial charge in [0.05, 0.1) is 11.4 Å². The minimum absolute atomic E-state index is 0.770. The SMILES string of the molecule is Cc1ccc(Nc2ccc(N(C)C)cc2)c(N)c1. The van der Waals surface area contributed by atoms with Crippen LogP contribution in [0.5, 0.6) is 0 Å². The monoisotopic (exact) mass is 241 g/mol. The summed E-state index contributed by atoms with van der Waals surface area (Å²) in [4.78, 5) is 2.07. The Kier molecular flexibility index (Phi) is 3.42. The molecule has 0 fully saturated rings. The van der Waals surface area contributed by atoms with E-state index in [9.17, 15) is 0 Å². The first-order chi connectivity index (χ1) is 8.56. The first-order valence-electron chi connectivity index (χ1n) is 5.97. The van der Waals surface area contributed by atoms with Gasteiger partial charge in [-0.3, -0.25) is 0 Å². The zero-order valence-corrected chi connectivity index (χ0v) is 11.1. The van der Waals surface area contributed by atoms with Crippen LogP contribution in [-0.4, -0.2) is 14.1 Å². The van der Waals surface area contributed by atoms with Crippen molar-refractivity contribution in [2.45, 2.75) is 6.92 Å². The summed E-state index contributed by atoms with van der Waals surface area (Å²) >= 11 is 0. The van der Waals surface area contributed by atoms with Crippen LogP contribution in [0.1, 0.15) is 5.56 Å². The van der Waals surface area contributed by atoms with E-state index < -0.39 is 0 Å². The molecule has 3 heteroatoms. The molecule has 0 bridgehead atoms. The van der Waals surface area contributed by atoms with E-state index in [2.05, 4.69) is 34.5 Å². The zero-order valence-electron chi connectivity index (χ0n) is 11.1. The van der Waals surface area contributed by atoms with Gasteiger partial charge in [0.25, 0.3) is 0 Å². The molecule has 0 unspecified atom stereocenters. The van der Waals surface area contributed by atoms with Gasteiger partial charge in [0.2, 0.25) is 0 Å². The molecule has 0 aliphatic rings. The van der Waals surface area contributed by atoms with Crippen LogP contribution in [0.3, 0.4) is 0 Å². The highest BCUT2D eigenvalue weighted by Gasteiger charge is 2.00. The second kappa shape index (κ2) is 5.00. The molecule has 0 heterocycles. The van der Waals surface area contributed by atoms with Gasteiger partial charge in [-0.15, -0.1) is 0 Å². The molecule has 2 aromatic carbocycles. The minimum Gasteiger partial charge on any atom is -0.397 e. The van der Waals surface area contributed by atoms with Crippen molar-refractivity contribution in [3.05, 3.63) is 48.0 Å². The summed E-state index contributed by atoms with van der Waals surface area (Å²) in [6.45, 7) is 2.03. The summed E-state index contributed by atoms with van der Waals surface area (Å²) in [6.07, 6.45) is 0. The zero-order chi connectivity index (χ0) is 13.1. The number of nitrogens with two attached hydrogens (primary N) is 1. The molecule has 0 radical (unpaired) electrons. The van der Waals surface area contributed by atoms with Gasteiger partial charge < -0.3 is 16.0 Å². The number of nitrogens with zero attached hydrogens (tertiary/aromatic N) is 1. The number of hydrogen-bond acceptors (Lipinski definition) is 3. The summed E-state index contributed by atoms with van der Waals surface area (Å²) in [5.41, 5.74) is 11.1. The van der Waals surface area contributed by atoms with E-state index in [1.54, 1.807) is 0 Å². The summed E-state index contributed by atoms with van der Waals surface area (Å²) in [6, 6.07) is 14.3. The van der Waals surface area contributed by atoms with E-state index in [4.69, 9.17) is 5.73 Å². The second-order valence-electron chi connectivity index (χ2n) is 4.66. The molecule has 3 nitrogen and oxygen atoms in total. The molecule has 0 saturated carbocycles. The minimum atomic E-state index is 0.770. The van der Waals surface area contributed by atoms with E-state index in [1.165, 1.54) is 11.3 Å². The molecular formula is C15H19N3. The summed E-state index contributed by atoms with van der Waals surface area (Å²) in [7, 11) is 4.06. The molecule has 94 valence electrons. The molecule has 0 aliphatic carbocycles. The molecule has 2 aromatic rings. The van der Waals surface area contributed by atoms with Crippen molar-refractivity contribution in [2.75, 3.05) is 30.0 Å². The van der Waals surface area contributed by atoms with Crippen molar-refractivity contribution in [1.82, 2.24) is 0 Å². The standard InChI is InChI=1S/C15H19N3/c1-11-4-9-15(14(16)10-11)17-12-5-7-13(8-6-12)18(2)3/h4-10,17H,16H2,1-3H3. The third-order valence-corrected chi connectivity index (χ3v) is 2.87. The Bertz CT molecular complexity index is 530. The maximum atomic E-state index is 5.98. The highest BCUT2D eigenvalue weighted by atomic mass is 15.1. The Morgan fingerprint density at radius 2 is 1.67 bits per heavy atom. The summed E-state index contributed by atoms with van der Waals surface area (Å²) in [5.74, 6) is 0. The molecular weight excluding hydrogens is 222 g/mol. The Balaban J connectivity index is 2.18. The normalized spacial score (nSPS) is 10.2. The molecule has 0 atom stereocenters. The first kappa shape index (κ1) is 12.3. The molecule has 18 heavy (non-hydrogen) atoms. The summed E-state index contributed by atoms with van der Waals surface area (Å²) in [5, 5.41) is 3.32. The fraction of sp³-hybridized carbons (Fsp3) is 0.200. The van der Waals surface area contributed by atoms with E-state index in [0.29, 0.717) is 0 Å². The van der Waals surface area contributed by atoms with Gasteiger partial charge in [0.1, 0.15) is 0 Å². The van der Waals surface area contributed by atoms with Gasteiger partial charge in [-0.05, 0) is 48.9 Å². The van der Waals surface area contributed by atoms with Crippen LogP contribution in [0.15, 0.2) is 42.5 Å². The van der Waals surface area contributed by atoms with Crippen molar-refractivity contribution >= 4 is 22.7 Å². The quantitative estimate of drug-likeness (QED) is 0.809. The van der Waals surface area contributed by atoms with Gasteiger partial charge in [-0.2, -0.15) is 0 Å². The average molecular weight is 241 g/mol. The fourth-order valence-corrected chi connectivity index (χ4v) is 1.79. The maximum absolute atomic E-state index is 5.98. The van der Waals surface area contributed by atoms with E-state index in [0.717, 1.165) is 17.1 Å². The Hall–Kier alpha value is -2.16. The van der Waals surface area contributed by atoms with Crippen LogP contribution in [0, 0.1) is 6.92 Å². The predicted octanol–water partition coefficient (Wildman–Crippen LogP) is 3.39. The van der Waals surface area contributed by atoms with Crippen LogP contribution >= 0.6 is 0 Å². The van der Waals surface area contributed by atoms with Crippen molar-refractivity contribution in [2.24, 2.45) is 0 Å². The van der Waals surface area contributed by atoms with E-state index >= 15 is 0 Å². The lowest BCUT2D eigenvalue weighted by atomic mass is 10.2. The number of aryl methyl sites for hydroxylation is 1. The first-order valence-corrected chi connectivity index (χ1v) is 5.97. The largest absolute Gasteiger partial charge is 0.397 e. The van der Waals surface area contributed by atoms with Gasteiger partial charge in [0, 0.05) is 25.5 Å². The van der Waals surface area contributed by atoms with Gasteiger partial charge in [-0.1, -0.05) is 6.07 Å². The smallest absolute Gasteiger partial charge is 0.0618 e. The second-order valence-corrected chi connectivity index (χ2v) is 4.66. The highest BCUT2D eigenvalue weighted by molar-refractivity contribution is 5.73. The van der Waals surface area contributed by atoms with Crippen LogP contribution in [0.25, 0.3) is 0 Å². The molecule has 0 spiro atoms. The van der Waals surface area contributed by atoms with Crippen LogP contribution < -0.4 is 16.0 Å². The highest BCUT2D eigenvalue weighted by Crippen LogP contribution is 2.25.